The molecule has 0 aliphatic carbocycles. The van der Waals surface area contributed by atoms with Crippen LogP contribution < -0.4 is 5.32 Å². The summed E-state index contributed by atoms with van der Waals surface area (Å²) in [6.45, 7) is -0.0425. The van der Waals surface area contributed by atoms with Crippen molar-refractivity contribution in [2.24, 2.45) is 0 Å². The number of aryl methyl sites for hydroxylation is 1. The SMILES string of the molecule is O=C1N[C@H](CCc2ccccc2)C(=O)N1Cc1ccccc1F. The number of hydrogen-bond donors (Lipinski definition) is 1. The summed E-state index contributed by atoms with van der Waals surface area (Å²) in [6.07, 6.45) is 1.23. The maximum atomic E-state index is 13.7. The Morgan fingerprint density at radius 2 is 1.70 bits per heavy atom. The monoisotopic (exact) mass is 312 g/mol. The average Bonchev–Trinajstić information content (AvgIpc) is 2.83. The lowest BCUT2D eigenvalue weighted by Crippen LogP contribution is -2.31. The van der Waals surface area contributed by atoms with Crippen molar-refractivity contribution in [3.8, 4) is 0 Å². The molecule has 3 rings (SSSR count). The normalized spacial score (nSPS) is 17.4. The zero-order chi connectivity index (χ0) is 16.2. The van der Waals surface area contributed by atoms with Crippen LogP contribution in [0, 0.1) is 5.82 Å². The lowest BCUT2D eigenvalue weighted by molar-refractivity contribution is -0.128. The molecule has 5 heteroatoms. The highest BCUT2D eigenvalue weighted by molar-refractivity contribution is 6.04. The van der Waals surface area contributed by atoms with E-state index < -0.39 is 17.9 Å². The number of halogens is 1. The van der Waals surface area contributed by atoms with E-state index in [1.54, 1.807) is 18.2 Å². The van der Waals surface area contributed by atoms with Crippen LogP contribution in [0.3, 0.4) is 0 Å². The Morgan fingerprint density at radius 1 is 1.00 bits per heavy atom. The highest BCUT2D eigenvalue weighted by atomic mass is 19.1. The molecule has 1 fully saturated rings. The number of rotatable bonds is 5. The standard InChI is InChI=1S/C18H17FN2O2/c19-15-9-5-4-8-14(15)12-21-17(22)16(20-18(21)23)11-10-13-6-2-1-3-7-13/h1-9,16H,10-12H2,(H,20,23)/t16-/m1/s1. The smallest absolute Gasteiger partial charge is 0.325 e. The molecule has 1 N–H and O–H groups in total. The Labute approximate surface area is 133 Å². The molecule has 3 amide bonds. The molecule has 1 heterocycles. The number of hydrogen-bond acceptors (Lipinski definition) is 2. The van der Waals surface area contributed by atoms with Gasteiger partial charge in [0.15, 0.2) is 0 Å². The molecule has 0 radical (unpaired) electrons. The van der Waals surface area contributed by atoms with Crippen LogP contribution in [-0.2, 0) is 17.8 Å². The molecule has 23 heavy (non-hydrogen) atoms. The van der Waals surface area contributed by atoms with Gasteiger partial charge in [-0.1, -0.05) is 48.5 Å². The van der Waals surface area contributed by atoms with Crippen molar-refractivity contribution in [3.63, 3.8) is 0 Å². The largest absolute Gasteiger partial charge is 0.326 e. The third-order valence-corrected chi connectivity index (χ3v) is 3.96. The predicted molar refractivity (Wildman–Crippen MR) is 84.0 cm³/mol. The number of nitrogens with one attached hydrogen (secondary N) is 1. The molecule has 0 spiro atoms. The van der Waals surface area contributed by atoms with Crippen molar-refractivity contribution < 1.29 is 14.0 Å². The number of urea groups is 1. The van der Waals surface area contributed by atoms with Gasteiger partial charge in [-0.3, -0.25) is 9.69 Å². The Hall–Kier alpha value is -2.69. The fraction of sp³-hybridized carbons (Fsp3) is 0.222. The molecule has 0 aromatic heterocycles. The lowest BCUT2D eigenvalue weighted by atomic mass is 10.1. The van der Waals surface area contributed by atoms with Gasteiger partial charge in [0.05, 0.1) is 6.54 Å². The van der Waals surface area contributed by atoms with Gasteiger partial charge in [-0.25, -0.2) is 9.18 Å². The van der Waals surface area contributed by atoms with E-state index in [1.165, 1.54) is 6.07 Å². The molecule has 0 unspecified atom stereocenters. The van der Waals surface area contributed by atoms with Crippen LogP contribution in [0.25, 0.3) is 0 Å². The topological polar surface area (TPSA) is 49.4 Å². The van der Waals surface area contributed by atoms with Gasteiger partial charge < -0.3 is 5.32 Å². The predicted octanol–water partition coefficient (Wildman–Crippen LogP) is 2.88. The van der Waals surface area contributed by atoms with E-state index in [0.717, 1.165) is 10.5 Å². The van der Waals surface area contributed by atoms with Gasteiger partial charge >= 0.3 is 6.03 Å². The first-order chi connectivity index (χ1) is 11.1. The first kappa shape index (κ1) is 15.2. The third kappa shape index (κ3) is 3.39. The molecular weight excluding hydrogens is 295 g/mol. The summed E-state index contributed by atoms with van der Waals surface area (Å²) in [6, 6.07) is 14.9. The summed E-state index contributed by atoms with van der Waals surface area (Å²) in [5.41, 5.74) is 1.45. The zero-order valence-electron chi connectivity index (χ0n) is 12.5. The third-order valence-electron chi connectivity index (χ3n) is 3.96. The van der Waals surface area contributed by atoms with Crippen LogP contribution >= 0.6 is 0 Å². The second kappa shape index (κ2) is 6.60. The molecule has 2 aromatic rings. The van der Waals surface area contributed by atoms with Gasteiger partial charge in [0, 0.05) is 5.56 Å². The minimum atomic E-state index is -0.547. The number of benzene rings is 2. The van der Waals surface area contributed by atoms with Crippen molar-refractivity contribution in [2.45, 2.75) is 25.4 Å². The van der Waals surface area contributed by atoms with Crippen LogP contribution in [0.2, 0.25) is 0 Å². The maximum Gasteiger partial charge on any atom is 0.325 e. The molecule has 1 saturated heterocycles. The number of carbonyl (C=O) groups is 2. The minimum absolute atomic E-state index is 0.0425. The molecule has 0 bridgehead atoms. The molecule has 0 saturated carbocycles. The fourth-order valence-electron chi connectivity index (χ4n) is 2.67. The number of imide groups is 1. The lowest BCUT2D eigenvalue weighted by Gasteiger charge is -2.13. The minimum Gasteiger partial charge on any atom is -0.326 e. The van der Waals surface area contributed by atoms with E-state index in [-0.39, 0.29) is 12.5 Å². The van der Waals surface area contributed by atoms with E-state index in [4.69, 9.17) is 0 Å². The molecule has 118 valence electrons. The van der Waals surface area contributed by atoms with Gasteiger partial charge in [0.1, 0.15) is 11.9 Å². The zero-order valence-corrected chi connectivity index (χ0v) is 12.5. The Balaban J connectivity index is 1.64. The summed E-state index contributed by atoms with van der Waals surface area (Å²) in [5, 5.41) is 2.68. The Morgan fingerprint density at radius 3 is 2.43 bits per heavy atom. The van der Waals surface area contributed by atoms with E-state index >= 15 is 0 Å². The van der Waals surface area contributed by atoms with Gasteiger partial charge in [-0.05, 0) is 24.5 Å². The van der Waals surface area contributed by atoms with Crippen LogP contribution in [0.4, 0.5) is 9.18 Å². The summed E-state index contributed by atoms with van der Waals surface area (Å²) in [4.78, 5) is 25.4. The van der Waals surface area contributed by atoms with Crippen molar-refractivity contribution in [1.82, 2.24) is 10.2 Å². The molecule has 2 aromatic carbocycles. The molecule has 1 aliphatic rings. The van der Waals surface area contributed by atoms with Crippen LogP contribution in [0.5, 0.6) is 0 Å². The van der Waals surface area contributed by atoms with Gasteiger partial charge in [-0.2, -0.15) is 0 Å². The molecule has 1 atom stereocenters. The summed E-state index contributed by atoms with van der Waals surface area (Å²) in [7, 11) is 0. The quantitative estimate of drug-likeness (QED) is 0.863. The summed E-state index contributed by atoms with van der Waals surface area (Å²) >= 11 is 0. The molecule has 4 nitrogen and oxygen atoms in total. The van der Waals surface area contributed by atoms with Crippen molar-refractivity contribution >= 4 is 11.9 Å². The van der Waals surface area contributed by atoms with Gasteiger partial charge in [0.2, 0.25) is 0 Å². The Kier molecular flexibility index (Phi) is 4.37. The van der Waals surface area contributed by atoms with E-state index in [2.05, 4.69) is 5.32 Å². The van der Waals surface area contributed by atoms with E-state index in [1.807, 2.05) is 30.3 Å². The maximum absolute atomic E-state index is 13.7. The highest BCUT2D eigenvalue weighted by Gasteiger charge is 2.37. The van der Waals surface area contributed by atoms with E-state index in [0.29, 0.717) is 18.4 Å². The van der Waals surface area contributed by atoms with Gasteiger partial charge in [0.25, 0.3) is 5.91 Å². The second-order valence-corrected chi connectivity index (χ2v) is 5.54. The van der Waals surface area contributed by atoms with Gasteiger partial charge in [-0.15, -0.1) is 0 Å². The Bertz CT molecular complexity index is 718. The number of nitrogens with zero attached hydrogens (tertiary/aromatic N) is 1. The highest BCUT2D eigenvalue weighted by Crippen LogP contribution is 2.17. The van der Waals surface area contributed by atoms with Crippen molar-refractivity contribution in [1.29, 1.82) is 0 Å². The second-order valence-electron chi connectivity index (χ2n) is 5.54. The number of carbonyl (C=O) groups excluding carboxylic acids is 2. The molecular formula is C18H17FN2O2. The number of amides is 3. The van der Waals surface area contributed by atoms with E-state index in [9.17, 15) is 14.0 Å². The van der Waals surface area contributed by atoms with Crippen LogP contribution in [0.15, 0.2) is 54.6 Å². The van der Waals surface area contributed by atoms with Crippen molar-refractivity contribution in [2.75, 3.05) is 0 Å². The summed E-state index contributed by atoms with van der Waals surface area (Å²) in [5.74, 6) is -0.713. The first-order valence-corrected chi connectivity index (χ1v) is 7.54. The first-order valence-electron chi connectivity index (χ1n) is 7.54. The molecule has 1 aliphatic heterocycles. The van der Waals surface area contributed by atoms with Crippen LogP contribution in [-0.4, -0.2) is 22.9 Å². The average molecular weight is 312 g/mol. The fourth-order valence-corrected chi connectivity index (χ4v) is 2.67. The van der Waals surface area contributed by atoms with Crippen LogP contribution in [0.1, 0.15) is 17.5 Å². The van der Waals surface area contributed by atoms with Crippen molar-refractivity contribution in [3.05, 3.63) is 71.5 Å². The summed E-state index contributed by atoms with van der Waals surface area (Å²) < 4.78 is 13.7.